The number of rotatable bonds is 2. The summed E-state index contributed by atoms with van der Waals surface area (Å²) in [6, 6.07) is 19.6. The average Bonchev–Trinajstić information content (AvgIpc) is 3.12. The van der Waals surface area contributed by atoms with Crippen molar-refractivity contribution in [3.63, 3.8) is 0 Å². The van der Waals surface area contributed by atoms with Crippen molar-refractivity contribution < 1.29 is 30.3 Å². The number of phosphoric acid groups is 1. The van der Waals surface area contributed by atoms with Crippen LogP contribution < -0.4 is 25.8 Å². The van der Waals surface area contributed by atoms with E-state index < -0.39 is 7.82 Å². The number of benzene rings is 3. The van der Waals surface area contributed by atoms with Gasteiger partial charge in [-0.2, -0.15) is 0 Å². The van der Waals surface area contributed by atoms with E-state index in [2.05, 4.69) is 75.0 Å². The number of nitrogens with one attached hydrogen (secondary N) is 1. The van der Waals surface area contributed by atoms with Gasteiger partial charge in [0.2, 0.25) is 0 Å². The molecule has 3 aromatic carbocycles. The predicted molar refractivity (Wildman–Crippen MR) is 127 cm³/mol. The van der Waals surface area contributed by atoms with Crippen LogP contribution in [-0.2, 0) is 4.57 Å². The number of hydrogen-bond acceptors (Lipinski definition) is 4. The van der Waals surface area contributed by atoms with Gasteiger partial charge in [0.1, 0.15) is 19.2 Å². The van der Waals surface area contributed by atoms with Crippen LogP contribution in [0.5, 0.6) is 5.75 Å². The highest BCUT2D eigenvalue weighted by atomic mass is 79.9. The van der Waals surface area contributed by atoms with Crippen molar-refractivity contribution in [3.05, 3.63) is 87.5 Å². The van der Waals surface area contributed by atoms with Crippen LogP contribution in [0.15, 0.2) is 71.3 Å². The fraction of sp³-hybridized carbons (Fsp3) is 0.0909. The lowest BCUT2D eigenvalue weighted by Gasteiger charge is -2.28. The molecule has 0 aliphatic rings. The summed E-state index contributed by atoms with van der Waals surface area (Å²) in [7, 11) is -5.09. The fourth-order valence-corrected chi connectivity index (χ4v) is 3.47. The zero-order valence-electron chi connectivity index (χ0n) is 17.6. The van der Waals surface area contributed by atoms with E-state index in [1.807, 2.05) is 24.3 Å². The minimum atomic E-state index is -5.09. The molecule has 0 saturated heterocycles. The molecule has 170 valence electrons. The predicted octanol–water partition coefficient (Wildman–Crippen LogP) is 3.53. The molecular weight excluding hydrogens is 517 g/mol. The second-order valence-corrected chi connectivity index (χ2v) is 9.26. The molecule has 7 N–H and O–H groups in total. The summed E-state index contributed by atoms with van der Waals surface area (Å²) >= 11 is 9.15. The highest BCUT2D eigenvalue weighted by Crippen LogP contribution is 2.40. The third kappa shape index (κ3) is 8.41. The Hall–Kier alpha value is -2.16. The number of aromatic amines is 1. The molecule has 0 bridgehead atoms. The summed E-state index contributed by atoms with van der Waals surface area (Å²) in [5, 5.41) is 0.630. The average molecular weight is 541 g/mol. The monoisotopic (exact) mass is 539 g/mol. The quantitative estimate of drug-likeness (QED) is 0.334. The molecule has 0 amide bonds. The number of halogens is 2. The third-order valence-corrected chi connectivity index (χ3v) is 5.85. The van der Waals surface area contributed by atoms with Gasteiger partial charge in [-0.25, -0.2) is 0 Å². The van der Waals surface area contributed by atoms with Crippen LogP contribution in [0, 0.1) is 13.8 Å². The zero-order chi connectivity index (χ0) is 23.9. The molecule has 0 saturated carbocycles. The molecule has 0 aliphatic carbocycles. The topological polar surface area (TPSA) is 143 Å². The second kappa shape index (κ2) is 11.6. The molecular formula is C22H24BrClN3O4P. The maximum absolute atomic E-state index is 10.5. The largest absolute Gasteiger partial charge is 0.780 e. The van der Waals surface area contributed by atoms with E-state index in [0.29, 0.717) is 15.4 Å². The van der Waals surface area contributed by atoms with Gasteiger partial charge in [0, 0.05) is 10.7 Å². The highest BCUT2D eigenvalue weighted by molar-refractivity contribution is 9.10. The number of aryl methyl sites for hydroxylation is 2. The van der Waals surface area contributed by atoms with Crippen LogP contribution >= 0.6 is 35.4 Å². The number of fused-ring (bicyclic) bond motifs is 1. The summed E-state index contributed by atoms with van der Waals surface area (Å²) in [4.78, 5) is 23.8. The minimum Gasteiger partial charge on any atom is -0.780 e. The van der Waals surface area contributed by atoms with E-state index >= 15 is 0 Å². The van der Waals surface area contributed by atoms with Crippen molar-refractivity contribution in [2.45, 2.75) is 13.8 Å². The second-order valence-electron chi connectivity index (χ2n) is 6.95. The summed E-state index contributed by atoms with van der Waals surface area (Å²) in [6.07, 6.45) is 1.27. The molecule has 1 heterocycles. The maximum Gasteiger partial charge on any atom is 0.151 e. The first-order chi connectivity index (χ1) is 15.0. The summed E-state index contributed by atoms with van der Waals surface area (Å²) in [5.41, 5.74) is 12.8. The lowest BCUT2D eigenvalue weighted by Crippen LogP contribution is -2.39. The Balaban J connectivity index is 0.000000190. The van der Waals surface area contributed by atoms with Gasteiger partial charge < -0.3 is 35.3 Å². The number of quaternary nitrogens is 2. The van der Waals surface area contributed by atoms with Gasteiger partial charge in [-0.3, -0.25) is 0 Å². The van der Waals surface area contributed by atoms with Crippen molar-refractivity contribution in [2.24, 2.45) is 0 Å². The minimum absolute atomic E-state index is 0.102. The van der Waals surface area contributed by atoms with Gasteiger partial charge in [-0.15, -0.1) is 0 Å². The molecule has 32 heavy (non-hydrogen) atoms. The van der Waals surface area contributed by atoms with E-state index in [0.717, 1.165) is 11.4 Å². The van der Waals surface area contributed by atoms with Crippen LogP contribution in [0.3, 0.4) is 0 Å². The van der Waals surface area contributed by atoms with Crippen LogP contribution in [0.1, 0.15) is 11.1 Å². The molecule has 10 heteroatoms. The lowest BCUT2D eigenvalue weighted by molar-refractivity contribution is -0.333. The molecule has 0 spiro atoms. The van der Waals surface area contributed by atoms with Crippen LogP contribution in [-0.4, -0.2) is 4.98 Å². The first kappa shape index (κ1) is 26.1. The summed E-state index contributed by atoms with van der Waals surface area (Å²) < 4.78 is 15.4. The molecule has 4 rings (SSSR count). The normalized spacial score (nSPS) is 10.6. The number of hydrogen-bond donors (Lipinski definition) is 3. The van der Waals surface area contributed by atoms with Gasteiger partial charge in [-0.1, -0.05) is 47.0 Å². The Morgan fingerprint density at radius 1 is 0.906 bits per heavy atom. The first-order valence-electron chi connectivity index (χ1n) is 9.40. The third-order valence-electron chi connectivity index (χ3n) is 4.15. The smallest absolute Gasteiger partial charge is 0.151 e. The molecule has 0 atom stereocenters. The Kier molecular flexibility index (Phi) is 9.48. The number of phosphoric ester groups is 1. The molecule has 0 unspecified atom stereocenters. The lowest BCUT2D eigenvalue weighted by atomic mass is 10.2. The summed E-state index contributed by atoms with van der Waals surface area (Å²) in [5.74, 6) is -0.102. The van der Waals surface area contributed by atoms with Crippen molar-refractivity contribution >= 4 is 57.6 Å². The van der Waals surface area contributed by atoms with Gasteiger partial charge >= 0.3 is 0 Å². The van der Waals surface area contributed by atoms with E-state index in [1.165, 1.54) is 17.3 Å². The molecule has 7 nitrogen and oxygen atoms in total. The van der Waals surface area contributed by atoms with Crippen molar-refractivity contribution in [3.8, 4) is 5.75 Å². The Morgan fingerprint density at radius 2 is 1.38 bits per heavy atom. The molecule has 0 aliphatic heterocycles. The SMILES string of the molecule is Cc1ccc([NH3+])cc1.Cc1ccc([NH3+])cc1.O=P([O-])([O-])Oc1c[nH]c2ccc(Br)c(Cl)c12. The van der Waals surface area contributed by atoms with E-state index in [1.54, 1.807) is 12.1 Å². The van der Waals surface area contributed by atoms with Crippen molar-refractivity contribution in [1.29, 1.82) is 0 Å². The van der Waals surface area contributed by atoms with Crippen LogP contribution in [0.25, 0.3) is 10.9 Å². The van der Waals surface area contributed by atoms with Gasteiger partial charge in [0.15, 0.2) is 5.75 Å². The molecule has 1 aromatic heterocycles. The van der Waals surface area contributed by atoms with E-state index in [-0.39, 0.29) is 10.8 Å². The summed E-state index contributed by atoms with van der Waals surface area (Å²) in [6.45, 7) is 4.14. The first-order valence-corrected chi connectivity index (χ1v) is 12.0. The fourth-order valence-electron chi connectivity index (χ4n) is 2.50. The number of aromatic nitrogens is 1. The Labute approximate surface area is 199 Å². The Bertz CT molecular complexity index is 1120. The van der Waals surface area contributed by atoms with E-state index in [9.17, 15) is 14.4 Å². The van der Waals surface area contributed by atoms with Gasteiger partial charge in [0.05, 0.1) is 15.9 Å². The van der Waals surface area contributed by atoms with E-state index in [4.69, 9.17) is 11.6 Å². The number of H-pyrrole nitrogens is 1. The maximum atomic E-state index is 10.5. The highest BCUT2D eigenvalue weighted by Gasteiger charge is 2.12. The molecule has 4 aromatic rings. The van der Waals surface area contributed by atoms with Crippen LogP contribution in [0.4, 0.5) is 11.4 Å². The standard InChI is InChI=1S/C8H6BrClNO4P.2C7H9N/c9-4-1-2-5-7(8(4)10)6(3-11-5)15-16(12,13)14;2*1-6-2-4-7(8)5-3-6/h1-3,11H,(H2,12,13,14);2*2-5H,8H2,1H3. The van der Waals surface area contributed by atoms with Gasteiger partial charge in [-0.05, 0) is 66.2 Å². The molecule has 0 radical (unpaired) electrons. The van der Waals surface area contributed by atoms with Crippen LogP contribution in [0.2, 0.25) is 5.02 Å². The van der Waals surface area contributed by atoms with Crippen molar-refractivity contribution in [2.75, 3.05) is 0 Å². The van der Waals surface area contributed by atoms with Gasteiger partial charge in [0.25, 0.3) is 0 Å². The zero-order valence-corrected chi connectivity index (χ0v) is 20.8. The van der Waals surface area contributed by atoms with Crippen molar-refractivity contribution in [1.82, 2.24) is 4.98 Å². The molecule has 0 fully saturated rings. The Morgan fingerprint density at radius 3 is 1.78 bits per heavy atom.